The molecule has 184 valence electrons. The number of carboxylic acid groups (broad SMARTS) is 1. The quantitative estimate of drug-likeness (QED) is 0.442. The Bertz CT molecular complexity index is 1420. The van der Waals surface area contributed by atoms with E-state index in [2.05, 4.69) is 35.1 Å². The van der Waals surface area contributed by atoms with E-state index in [-0.39, 0.29) is 11.6 Å². The summed E-state index contributed by atoms with van der Waals surface area (Å²) >= 11 is 0. The van der Waals surface area contributed by atoms with Gasteiger partial charge < -0.3 is 19.6 Å². The van der Waals surface area contributed by atoms with Crippen LogP contribution < -0.4 is 10.9 Å². The Kier molecular flexibility index (Phi) is 6.93. The molecule has 0 radical (unpaired) electrons. The van der Waals surface area contributed by atoms with Gasteiger partial charge in [0, 0.05) is 35.2 Å². The van der Waals surface area contributed by atoms with E-state index in [1.807, 2.05) is 41.0 Å². The SMILES string of the molecule is CCn1cc(-c2nc3ccccc3n(C3CCNCC3)c2=O)c2ccccc21.O=C(O)C(F)(F)F. The maximum Gasteiger partial charge on any atom is 0.490 e. The lowest BCUT2D eigenvalue weighted by molar-refractivity contribution is -0.192. The Hall–Kier alpha value is -3.66. The zero-order chi connectivity index (χ0) is 25.2. The number of rotatable bonds is 3. The van der Waals surface area contributed by atoms with Gasteiger partial charge in [-0.05, 0) is 51.1 Å². The molecule has 1 aliphatic rings. The third-order valence-electron chi connectivity index (χ3n) is 6.10. The lowest BCUT2D eigenvalue weighted by Gasteiger charge is -2.26. The van der Waals surface area contributed by atoms with Crippen LogP contribution in [-0.4, -0.2) is 44.5 Å². The van der Waals surface area contributed by atoms with Gasteiger partial charge in [-0.3, -0.25) is 4.79 Å². The molecule has 1 aliphatic heterocycles. The molecule has 0 aliphatic carbocycles. The summed E-state index contributed by atoms with van der Waals surface area (Å²) < 4.78 is 35.9. The highest BCUT2D eigenvalue weighted by Gasteiger charge is 2.38. The number of para-hydroxylation sites is 3. The number of aromatic nitrogens is 3. The van der Waals surface area contributed by atoms with Gasteiger partial charge in [0.05, 0.1) is 11.0 Å². The van der Waals surface area contributed by atoms with Crippen molar-refractivity contribution in [3.8, 4) is 11.3 Å². The Balaban J connectivity index is 0.000000364. The molecule has 0 unspecified atom stereocenters. The fourth-order valence-electron chi connectivity index (χ4n) is 4.45. The van der Waals surface area contributed by atoms with Gasteiger partial charge in [0.1, 0.15) is 5.69 Å². The minimum absolute atomic E-state index is 0.0182. The van der Waals surface area contributed by atoms with Crippen LogP contribution in [0.25, 0.3) is 33.2 Å². The van der Waals surface area contributed by atoms with E-state index >= 15 is 0 Å². The second-order valence-electron chi connectivity index (χ2n) is 8.25. The molecule has 3 heterocycles. The molecule has 0 bridgehead atoms. The molecule has 1 fully saturated rings. The van der Waals surface area contributed by atoms with Crippen molar-refractivity contribution < 1.29 is 23.1 Å². The molecule has 7 nitrogen and oxygen atoms in total. The summed E-state index contributed by atoms with van der Waals surface area (Å²) in [6.07, 6.45) is -1.08. The van der Waals surface area contributed by atoms with E-state index in [1.54, 1.807) is 0 Å². The minimum Gasteiger partial charge on any atom is -0.475 e. The van der Waals surface area contributed by atoms with Crippen molar-refractivity contribution in [2.24, 2.45) is 0 Å². The summed E-state index contributed by atoms with van der Waals surface area (Å²) in [6.45, 7) is 4.87. The number of fused-ring (bicyclic) bond motifs is 2. The highest BCUT2D eigenvalue weighted by atomic mass is 19.4. The summed E-state index contributed by atoms with van der Waals surface area (Å²) in [6, 6.07) is 16.5. The number of nitrogens with zero attached hydrogens (tertiary/aromatic N) is 3. The second kappa shape index (κ2) is 9.91. The van der Waals surface area contributed by atoms with E-state index in [9.17, 15) is 18.0 Å². The average molecular weight is 486 g/mol. The van der Waals surface area contributed by atoms with Gasteiger partial charge in [-0.1, -0.05) is 30.3 Å². The first-order chi connectivity index (χ1) is 16.7. The number of nitrogens with one attached hydrogen (secondary N) is 1. The van der Waals surface area contributed by atoms with Crippen molar-refractivity contribution >= 4 is 27.9 Å². The van der Waals surface area contributed by atoms with Gasteiger partial charge >= 0.3 is 12.1 Å². The Morgan fingerprint density at radius 1 is 1.09 bits per heavy atom. The smallest absolute Gasteiger partial charge is 0.475 e. The summed E-state index contributed by atoms with van der Waals surface area (Å²) in [7, 11) is 0. The first-order valence-corrected chi connectivity index (χ1v) is 11.3. The first-order valence-electron chi connectivity index (χ1n) is 11.3. The number of aryl methyl sites for hydroxylation is 1. The topological polar surface area (TPSA) is 89.2 Å². The van der Waals surface area contributed by atoms with Crippen LogP contribution in [0.5, 0.6) is 0 Å². The summed E-state index contributed by atoms with van der Waals surface area (Å²) in [4.78, 5) is 27.4. The molecule has 35 heavy (non-hydrogen) atoms. The lowest BCUT2D eigenvalue weighted by Crippen LogP contribution is -2.35. The number of carboxylic acids is 1. The summed E-state index contributed by atoms with van der Waals surface area (Å²) in [5, 5.41) is 11.6. The molecule has 1 saturated heterocycles. The maximum absolute atomic E-state index is 13.7. The van der Waals surface area contributed by atoms with Gasteiger partial charge in [-0.2, -0.15) is 13.2 Å². The summed E-state index contributed by atoms with van der Waals surface area (Å²) in [5.74, 6) is -2.76. The van der Waals surface area contributed by atoms with Crippen LogP contribution in [0.15, 0.2) is 59.5 Å². The van der Waals surface area contributed by atoms with Crippen LogP contribution in [0, 0.1) is 0 Å². The molecule has 0 saturated carbocycles. The van der Waals surface area contributed by atoms with Gasteiger partial charge in [-0.25, -0.2) is 9.78 Å². The fourth-order valence-corrected chi connectivity index (χ4v) is 4.45. The zero-order valence-electron chi connectivity index (χ0n) is 19.0. The number of benzene rings is 2. The van der Waals surface area contributed by atoms with Gasteiger partial charge in [-0.15, -0.1) is 0 Å². The standard InChI is InChI=1S/C23H24N4O.C2HF3O2/c1-2-26-15-18(17-7-3-5-9-20(17)26)22-23(28)27(16-11-13-24-14-12-16)21-10-6-4-8-19(21)25-22;3-2(4,5)1(6)7/h3-10,15-16,24H,2,11-14H2,1H3;(H,6,7). The molecule has 2 aromatic carbocycles. The highest BCUT2D eigenvalue weighted by Crippen LogP contribution is 2.30. The van der Waals surface area contributed by atoms with E-state index in [0.717, 1.165) is 60.0 Å². The number of piperidine rings is 1. The normalized spacial score (nSPS) is 14.6. The predicted octanol–water partition coefficient (Wildman–Crippen LogP) is 4.60. The Morgan fingerprint density at radius 3 is 2.31 bits per heavy atom. The van der Waals surface area contributed by atoms with Crippen molar-refractivity contribution in [3.05, 3.63) is 65.1 Å². The predicted molar refractivity (Wildman–Crippen MR) is 127 cm³/mol. The van der Waals surface area contributed by atoms with Crippen LogP contribution in [0.1, 0.15) is 25.8 Å². The van der Waals surface area contributed by atoms with Crippen LogP contribution in [0.2, 0.25) is 0 Å². The van der Waals surface area contributed by atoms with Crippen molar-refractivity contribution in [1.29, 1.82) is 0 Å². The molecule has 0 atom stereocenters. The van der Waals surface area contributed by atoms with Crippen molar-refractivity contribution in [2.45, 2.75) is 38.5 Å². The van der Waals surface area contributed by atoms with Crippen LogP contribution >= 0.6 is 0 Å². The van der Waals surface area contributed by atoms with E-state index in [4.69, 9.17) is 14.9 Å². The first kappa shape index (κ1) is 24.5. The van der Waals surface area contributed by atoms with E-state index in [0.29, 0.717) is 5.69 Å². The number of halogens is 3. The third-order valence-corrected chi connectivity index (χ3v) is 6.10. The maximum atomic E-state index is 13.7. The molecule has 0 spiro atoms. The molecule has 2 N–H and O–H groups in total. The molecule has 10 heteroatoms. The number of hydrogen-bond acceptors (Lipinski definition) is 4. The number of alkyl halides is 3. The molecular weight excluding hydrogens is 461 g/mol. The van der Waals surface area contributed by atoms with Crippen LogP contribution in [0.3, 0.4) is 0 Å². The van der Waals surface area contributed by atoms with Crippen molar-refractivity contribution in [3.63, 3.8) is 0 Å². The second-order valence-corrected chi connectivity index (χ2v) is 8.25. The Morgan fingerprint density at radius 2 is 1.69 bits per heavy atom. The highest BCUT2D eigenvalue weighted by molar-refractivity contribution is 5.96. The molecule has 2 aromatic heterocycles. The van der Waals surface area contributed by atoms with Crippen molar-refractivity contribution in [1.82, 2.24) is 19.4 Å². The Labute approximate surface area is 198 Å². The van der Waals surface area contributed by atoms with E-state index < -0.39 is 12.1 Å². The number of carbonyl (C=O) groups is 1. The van der Waals surface area contributed by atoms with Gasteiger partial charge in [0.15, 0.2) is 0 Å². The number of hydrogen-bond donors (Lipinski definition) is 2. The molecule has 4 aromatic rings. The van der Waals surface area contributed by atoms with Crippen LogP contribution in [-0.2, 0) is 11.3 Å². The van der Waals surface area contributed by atoms with E-state index in [1.165, 1.54) is 0 Å². The van der Waals surface area contributed by atoms with Gasteiger partial charge in [0.2, 0.25) is 0 Å². The largest absolute Gasteiger partial charge is 0.490 e. The minimum atomic E-state index is -5.08. The molecule has 0 amide bonds. The summed E-state index contributed by atoms with van der Waals surface area (Å²) in [5.41, 5.74) is 4.45. The van der Waals surface area contributed by atoms with Gasteiger partial charge in [0.25, 0.3) is 5.56 Å². The lowest BCUT2D eigenvalue weighted by atomic mass is 10.0. The molecular formula is C25H25F3N4O3. The monoisotopic (exact) mass is 486 g/mol. The molecule has 5 rings (SSSR count). The van der Waals surface area contributed by atoms with Crippen molar-refractivity contribution in [2.75, 3.05) is 13.1 Å². The third kappa shape index (κ3) is 4.93. The fraction of sp³-hybridized carbons (Fsp3) is 0.320. The zero-order valence-corrected chi connectivity index (χ0v) is 19.0. The van der Waals surface area contributed by atoms with Crippen LogP contribution in [0.4, 0.5) is 13.2 Å². The number of aliphatic carboxylic acids is 1. The average Bonchev–Trinajstić information content (AvgIpc) is 3.23.